The molecule has 0 aromatic heterocycles. The predicted molar refractivity (Wildman–Crippen MR) is 73.4 cm³/mol. The molecular formula is C11H15ClN2O3S. The van der Waals surface area contributed by atoms with Crippen LogP contribution in [0.25, 0.3) is 0 Å². The number of carbonyl (C=O) groups is 1. The van der Waals surface area contributed by atoms with Gasteiger partial charge in [0, 0.05) is 5.69 Å². The van der Waals surface area contributed by atoms with Crippen molar-refractivity contribution in [3.63, 3.8) is 0 Å². The van der Waals surface area contributed by atoms with E-state index < -0.39 is 21.5 Å². The van der Waals surface area contributed by atoms with Gasteiger partial charge < -0.3 is 11.1 Å². The fraction of sp³-hybridized carbons (Fsp3) is 0.364. The van der Waals surface area contributed by atoms with Crippen molar-refractivity contribution >= 4 is 38.7 Å². The number of halogens is 1. The molecule has 1 rings (SSSR count). The molecule has 0 aliphatic rings. The van der Waals surface area contributed by atoms with Crippen LogP contribution in [0.1, 0.15) is 13.3 Å². The van der Waals surface area contributed by atoms with Gasteiger partial charge in [0.1, 0.15) is 5.75 Å². The Morgan fingerprint density at radius 1 is 1.44 bits per heavy atom. The third-order valence-corrected chi connectivity index (χ3v) is 4.19. The van der Waals surface area contributed by atoms with Crippen molar-refractivity contribution in [3.8, 4) is 0 Å². The maximum atomic E-state index is 11.6. The van der Waals surface area contributed by atoms with E-state index in [-0.39, 0.29) is 5.75 Å². The van der Waals surface area contributed by atoms with Crippen molar-refractivity contribution in [3.05, 3.63) is 23.2 Å². The fourth-order valence-electron chi connectivity index (χ4n) is 1.41. The molecule has 0 radical (unpaired) electrons. The van der Waals surface area contributed by atoms with Crippen LogP contribution in [-0.4, -0.2) is 25.8 Å². The minimum Gasteiger partial charge on any atom is -0.399 e. The molecule has 0 bridgehead atoms. The second kappa shape index (κ2) is 6.06. The van der Waals surface area contributed by atoms with Crippen LogP contribution in [0.15, 0.2) is 18.2 Å². The highest BCUT2D eigenvalue weighted by atomic mass is 35.5. The van der Waals surface area contributed by atoms with Crippen LogP contribution in [0.5, 0.6) is 0 Å². The van der Waals surface area contributed by atoms with Gasteiger partial charge in [-0.25, -0.2) is 8.42 Å². The second-order valence-electron chi connectivity index (χ2n) is 3.88. The molecule has 3 N–H and O–H groups in total. The Labute approximate surface area is 111 Å². The molecule has 5 nitrogen and oxygen atoms in total. The van der Waals surface area contributed by atoms with Crippen molar-refractivity contribution < 1.29 is 13.2 Å². The van der Waals surface area contributed by atoms with Crippen molar-refractivity contribution in [2.24, 2.45) is 0 Å². The molecule has 100 valence electrons. The van der Waals surface area contributed by atoms with Gasteiger partial charge in [0.25, 0.3) is 0 Å². The molecular weight excluding hydrogens is 276 g/mol. The fourth-order valence-corrected chi connectivity index (χ4v) is 2.81. The van der Waals surface area contributed by atoms with E-state index in [4.69, 9.17) is 17.3 Å². The van der Waals surface area contributed by atoms with E-state index in [1.165, 1.54) is 12.1 Å². The molecule has 0 unspecified atom stereocenters. The third-order valence-electron chi connectivity index (χ3n) is 2.13. The standard InChI is InChI=1S/C11H15ClN2O3S/c1-2-5-18(16,17)7-11(15)14-10-6-8(13)3-4-9(10)12/h3-4,6H,2,5,7,13H2,1H3,(H,14,15). The SMILES string of the molecule is CCCS(=O)(=O)CC(=O)Nc1cc(N)ccc1Cl. The highest BCUT2D eigenvalue weighted by molar-refractivity contribution is 7.92. The van der Waals surface area contributed by atoms with Crippen LogP contribution in [0.3, 0.4) is 0 Å². The number of benzene rings is 1. The Morgan fingerprint density at radius 2 is 2.11 bits per heavy atom. The predicted octanol–water partition coefficient (Wildman–Crippen LogP) is 1.69. The van der Waals surface area contributed by atoms with Crippen LogP contribution in [-0.2, 0) is 14.6 Å². The first-order chi connectivity index (χ1) is 8.34. The van der Waals surface area contributed by atoms with E-state index in [1.807, 2.05) is 0 Å². The van der Waals surface area contributed by atoms with Crippen molar-refractivity contribution in [1.29, 1.82) is 0 Å². The lowest BCUT2D eigenvalue weighted by atomic mass is 10.3. The lowest BCUT2D eigenvalue weighted by molar-refractivity contribution is -0.113. The number of rotatable bonds is 5. The summed E-state index contributed by atoms with van der Waals surface area (Å²) in [6.45, 7) is 1.74. The van der Waals surface area contributed by atoms with E-state index in [0.717, 1.165) is 0 Å². The van der Waals surface area contributed by atoms with Crippen LogP contribution in [0.2, 0.25) is 5.02 Å². The molecule has 0 spiro atoms. The van der Waals surface area contributed by atoms with E-state index in [0.29, 0.717) is 22.8 Å². The summed E-state index contributed by atoms with van der Waals surface area (Å²) in [7, 11) is -3.36. The summed E-state index contributed by atoms with van der Waals surface area (Å²) in [5.74, 6) is -1.17. The van der Waals surface area contributed by atoms with Gasteiger partial charge in [0.2, 0.25) is 5.91 Å². The number of carbonyl (C=O) groups excluding carboxylic acids is 1. The molecule has 18 heavy (non-hydrogen) atoms. The average Bonchev–Trinajstić information content (AvgIpc) is 2.22. The molecule has 0 fully saturated rings. The summed E-state index contributed by atoms with van der Waals surface area (Å²) in [4.78, 5) is 11.6. The zero-order valence-corrected chi connectivity index (χ0v) is 11.5. The van der Waals surface area contributed by atoms with Gasteiger partial charge in [-0.15, -0.1) is 0 Å². The van der Waals surface area contributed by atoms with E-state index in [1.54, 1.807) is 13.0 Å². The molecule has 0 saturated carbocycles. The maximum absolute atomic E-state index is 11.6. The van der Waals surface area contributed by atoms with Gasteiger partial charge in [-0.3, -0.25) is 4.79 Å². The van der Waals surface area contributed by atoms with Crippen molar-refractivity contribution in [1.82, 2.24) is 0 Å². The number of sulfone groups is 1. The number of hydrogen-bond acceptors (Lipinski definition) is 4. The summed E-state index contributed by atoms with van der Waals surface area (Å²) in [6, 6.07) is 4.60. The summed E-state index contributed by atoms with van der Waals surface area (Å²) in [6.07, 6.45) is 0.481. The molecule has 0 aliphatic heterocycles. The molecule has 1 amide bonds. The summed E-state index contributed by atoms with van der Waals surface area (Å²) < 4.78 is 22.9. The molecule has 0 aliphatic carbocycles. The molecule has 7 heteroatoms. The van der Waals surface area contributed by atoms with Gasteiger partial charge in [-0.2, -0.15) is 0 Å². The first-order valence-electron chi connectivity index (χ1n) is 5.39. The first kappa shape index (κ1) is 14.8. The third kappa shape index (κ3) is 4.54. The highest BCUT2D eigenvalue weighted by Crippen LogP contribution is 2.23. The zero-order valence-electron chi connectivity index (χ0n) is 9.94. The molecule has 1 aromatic carbocycles. The lowest BCUT2D eigenvalue weighted by Crippen LogP contribution is -2.24. The second-order valence-corrected chi connectivity index (χ2v) is 6.47. The monoisotopic (exact) mass is 290 g/mol. The summed E-state index contributed by atoms with van der Waals surface area (Å²) in [5, 5.41) is 2.75. The minimum absolute atomic E-state index is 0.00885. The van der Waals surface area contributed by atoms with Crippen LogP contribution >= 0.6 is 11.6 Å². The van der Waals surface area contributed by atoms with Gasteiger partial charge in [-0.1, -0.05) is 18.5 Å². The first-order valence-corrected chi connectivity index (χ1v) is 7.59. The van der Waals surface area contributed by atoms with Gasteiger partial charge in [0.15, 0.2) is 9.84 Å². The lowest BCUT2D eigenvalue weighted by Gasteiger charge is -2.08. The normalized spacial score (nSPS) is 11.2. The topological polar surface area (TPSA) is 89.3 Å². The Kier molecular flexibility index (Phi) is 4.98. The smallest absolute Gasteiger partial charge is 0.239 e. The number of amides is 1. The van der Waals surface area contributed by atoms with Crippen molar-refractivity contribution in [2.45, 2.75) is 13.3 Å². The Hall–Kier alpha value is -1.27. The Bertz CT molecular complexity index is 543. The molecule has 0 saturated heterocycles. The van der Waals surface area contributed by atoms with Gasteiger partial charge in [-0.05, 0) is 24.6 Å². The highest BCUT2D eigenvalue weighted by Gasteiger charge is 2.16. The number of nitrogens with one attached hydrogen (secondary N) is 1. The van der Waals surface area contributed by atoms with Crippen LogP contribution in [0.4, 0.5) is 11.4 Å². The number of nitrogens with two attached hydrogens (primary N) is 1. The molecule has 1 aromatic rings. The number of anilines is 2. The quantitative estimate of drug-likeness (QED) is 0.808. The Morgan fingerprint density at radius 3 is 2.72 bits per heavy atom. The summed E-state index contributed by atoms with van der Waals surface area (Å²) in [5.41, 5.74) is 6.30. The maximum Gasteiger partial charge on any atom is 0.239 e. The van der Waals surface area contributed by atoms with Crippen LogP contribution in [0, 0.1) is 0 Å². The largest absolute Gasteiger partial charge is 0.399 e. The van der Waals surface area contributed by atoms with E-state index in [9.17, 15) is 13.2 Å². The number of hydrogen-bond donors (Lipinski definition) is 2. The van der Waals surface area contributed by atoms with Gasteiger partial charge in [0.05, 0.1) is 16.5 Å². The van der Waals surface area contributed by atoms with E-state index in [2.05, 4.69) is 5.32 Å². The average molecular weight is 291 g/mol. The van der Waals surface area contributed by atoms with Crippen LogP contribution < -0.4 is 11.1 Å². The summed E-state index contributed by atoms with van der Waals surface area (Å²) >= 11 is 5.85. The zero-order chi connectivity index (χ0) is 13.8. The minimum atomic E-state index is -3.36. The van der Waals surface area contributed by atoms with Crippen molar-refractivity contribution in [2.75, 3.05) is 22.6 Å². The number of nitrogen functional groups attached to an aromatic ring is 1. The van der Waals surface area contributed by atoms with E-state index >= 15 is 0 Å². The van der Waals surface area contributed by atoms with Gasteiger partial charge >= 0.3 is 0 Å². The molecule has 0 heterocycles. The molecule has 0 atom stereocenters. The Balaban J connectivity index is 2.74.